The molecule has 0 N–H and O–H groups in total. The molecule has 0 saturated carbocycles. The molecule has 6 heterocycles. The van der Waals surface area contributed by atoms with E-state index in [-0.39, 0.29) is 0 Å². The summed E-state index contributed by atoms with van der Waals surface area (Å²) >= 11 is 0. The molecule has 0 unspecified atom stereocenters. The zero-order valence-electron chi connectivity index (χ0n) is 42.4. The van der Waals surface area contributed by atoms with Crippen molar-refractivity contribution in [3.63, 3.8) is 0 Å². The molecule has 0 radical (unpaired) electrons. The van der Waals surface area contributed by atoms with E-state index in [0.29, 0.717) is 41.5 Å². The van der Waals surface area contributed by atoms with Crippen molar-refractivity contribution in [1.29, 1.82) is 0 Å². The monoisotopic (exact) mass is 1200 g/mol. The van der Waals surface area contributed by atoms with E-state index < -0.39 is 87.6 Å². The minimum atomic E-state index is -5.13. The topological polar surface area (TPSA) is 129 Å². The van der Waals surface area contributed by atoms with Crippen LogP contribution in [0.25, 0.3) is 0 Å². The molecule has 0 atom stereocenters. The lowest BCUT2D eigenvalue weighted by molar-refractivity contribution is 0.0272. The van der Waals surface area contributed by atoms with Gasteiger partial charge in [-0.1, -0.05) is 254 Å². The lowest BCUT2D eigenvalue weighted by Crippen LogP contribution is -2.93. The van der Waals surface area contributed by atoms with Crippen molar-refractivity contribution in [1.82, 2.24) is 0 Å². The normalized spacial score (nSPS) is 35.2. The molecule has 6 saturated heterocycles. The fourth-order valence-corrected chi connectivity index (χ4v) is 64.3. The van der Waals surface area contributed by atoms with Crippen LogP contribution in [0, 0.1) is 0 Å². The van der Waals surface area contributed by atoms with E-state index in [0.717, 1.165) is 0 Å². The molecule has 6 aliphatic rings. The zero-order valence-corrected chi connectivity index (χ0v) is 52.4. The number of fused-ring (bicyclic) bond motifs is 4. The molecule has 24 heteroatoms. The Morgan fingerprint density at radius 1 is 0.205 bits per heavy atom. The quantitative estimate of drug-likeness (QED) is 0.176. The maximum absolute atomic E-state index is 8.40. The zero-order chi connectivity index (χ0) is 53.2. The van der Waals surface area contributed by atoms with Gasteiger partial charge in [0.1, 0.15) is 0 Å². The maximum Gasteiger partial charge on any atom is 0.515 e. The molecule has 392 valence electrons. The van der Waals surface area contributed by atoms with Crippen LogP contribution in [0.1, 0.15) is 0 Å². The second-order valence-electron chi connectivity index (χ2n) is 19.2. The third kappa shape index (κ3) is 8.92. The summed E-state index contributed by atoms with van der Waals surface area (Å²) in [4.78, 5) is 0. The fraction of sp³-hybridized carbons (Fsp3) is 0.0370. The summed E-state index contributed by atoms with van der Waals surface area (Å²) in [6, 6.07) is 76.4. The largest absolute Gasteiger partial charge is 0.515 e. The van der Waals surface area contributed by atoms with Gasteiger partial charge in [0.2, 0.25) is 0 Å². The smallest absolute Gasteiger partial charge is 0.388 e. The van der Waals surface area contributed by atoms with Crippen LogP contribution in [-0.2, 0) is 57.6 Å². The number of hydrogen-bond donors (Lipinski definition) is 0. The van der Waals surface area contributed by atoms with Crippen molar-refractivity contribution in [2.24, 2.45) is 0 Å². The molecular weight excluding hydrogens is 1150 g/mol. The molecular formula is C54H52O14Si10. The van der Waals surface area contributed by atoms with Gasteiger partial charge in [0.25, 0.3) is 0 Å². The SMILES string of the molecule is C=C[Si]1(C)O[Si]2(c3ccccc3)O[Si]3(c4ccccc4)O[Si]4(c5ccccc5)O[Si](C)(C=C)O[Si]5(c6ccccc6)O[Si](c6ccccc6)(O[Si](c6ccccc6)(O1)O[Si](c1ccccc1)(O5)O[Si](c1ccccc1)(O2)O4)O3. The molecule has 6 fully saturated rings. The molecule has 78 heavy (non-hydrogen) atoms. The highest BCUT2D eigenvalue weighted by molar-refractivity contribution is 7.13. The van der Waals surface area contributed by atoms with Crippen molar-refractivity contribution < 1.29 is 57.6 Å². The Labute approximate surface area is 463 Å². The third-order valence-electron chi connectivity index (χ3n) is 13.8. The Hall–Kier alpha value is -5.15. The van der Waals surface area contributed by atoms with Crippen LogP contribution in [0.4, 0.5) is 0 Å². The Morgan fingerprint density at radius 3 is 0.436 bits per heavy atom. The summed E-state index contributed by atoms with van der Waals surface area (Å²) in [6.07, 6.45) is 0. The summed E-state index contributed by atoms with van der Waals surface area (Å²) < 4.78 is 115. The van der Waals surface area contributed by atoms with Crippen LogP contribution in [0.15, 0.2) is 267 Å². The van der Waals surface area contributed by atoms with E-state index in [9.17, 15) is 0 Å². The van der Waals surface area contributed by atoms with Crippen molar-refractivity contribution in [2.75, 3.05) is 0 Å². The van der Waals surface area contributed by atoms with Crippen molar-refractivity contribution in [2.45, 2.75) is 13.1 Å². The minimum absolute atomic E-state index is 0.481. The van der Waals surface area contributed by atoms with Gasteiger partial charge in [-0.15, -0.1) is 13.2 Å². The fourth-order valence-electron chi connectivity index (χ4n) is 10.1. The summed E-state index contributed by atoms with van der Waals surface area (Å²) in [5, 5.41) is 4.00. The van der Waals surface area contributed by atoms with E-state index in [1.165, 1.54) is 0 Å². The summed E-state index contributed by atoms with van der Waals surface area (Å²) in [6.45, 7) is 12.8. The van der Waals surface area contributed by atoms with Gasteiger partial charge in [-0.05, 0) is 13.1 Å². The lowest BCUT2D eigenvalue weighted by atomic mass is 10.4. The highest BCUT2D eigenvalue weighted by Crippen LogP contribution is 2.47. The number of hydrogen-bond acceptors (Lipinski definition) is 14. The Bertz CT molecular complexity index is 2980. The summed E-state index contributed by atoms with van der Waals surface area (Å²) in [5.41, 5.74) is 3.40. The van der Waals surface area contributed by atoms with Crippen LogP contribution >= 0.6 is 0 Å². The van der Waals surface area contributed by atoms with E-state index in [1.807, 2.05) is 256 Å². The predicted octanol–water partition coefficient (Wildman–Crippen LogP) is 4.65. The predicted molar refractivity (Wildman–Crippen MR) is 313 cm³/mol. The van der Waals surface area contributed by atoms with E-state index in [2.05, 4.69) is 13.2 Å². The van der Waals surface area contributed by atoms with Crippen LogP contribution in [0.3, 0.4) is 0 Å². The highest BCUT2D eigenvalue weighted by Gasteiger charge is 2.83. The number of benzene rings is 8. The molecule has 0 amide bonds. The maximum atomic E-state index is 8.40. The molecule has 0 aromatic heterocycles. The van der Waals surface area contributed by atoms with E-state index >= 15 is 0 Å². The lowest BCUT2D eigenvalue weighted by Gasteiger charge is -2.60. The molecule has 0 aliphatic carbocycles. The van der Waals surface area contributed by atoms with Gasteiger partial charge < -0.3 is 57.6 Å². The molecule has 8 aromatic rings. The molecule has 8 aromatic carbocycles. The van der Waals surface area contributed by atoms with E-state index in [4.69, 9.17) is 57.6 Å². The van der Waals surface area contributed by atoms with Crippen molar-refractivity contribution in [3.8, 4) is 0 Å². The first-order valence-electron chi connectivity index (χ1n) is 25.4. The van der Waals surface area contributed by atoms with Gasteiger partial charge in [0, 0.05) is 41.5 Å². The van der Waals surface area contributed by atoms with Gasteiger partial charge in [-0.25, -0.2) is 0 Å². The molecule has 14 nitrogen and oxygen atoms in total. The van der Waals surface area contributed by atoms with Crippen molar-refractivity contribution in [3.05, 3.63) is 267 Å². The number of rotatable bonds is 10. The summed E-state index contributed by atoms with van der Waals surface area (Å²) in [7, 11) is -48.7. The molecule has 14 rings (SSSR count). The van der Waals surface area contributed by atoms with Gasteiger partial charge in [-0.2, -0.15) is 0 Å². The van der Waals surface area contributed by atoms with Gasteiger partial charge >= 0.3 is 87.6 Å². The van der Waals surface area contributed by atoms with Crippen LogP contribution < -0.4 is 41.5 Å². The first-order valence-corrected chi connectivity index (χ1v) is 44.0. The average Bonchev–Trinajstić information content (AvgIpc) is 2.63. The van der Waals surface area contributed by atoms with E-state index in [1.54, 1.807) is 11.4 Å². The van der Waals surface area contributed by atoms with Crippen LogP contribution in [0.2, 0.25) is 13.1 Å². The third-order valence-corrected chi connectivity index (χ3v) is 55.9. The van der Waals surface area contributed by atoms with Crippen molar-refractivity contribution >= 4 is 129 Å². The highest BCUT2D eigenvalue weighted by atomic mass is 28.6. The second-order valence-corrected chi connectivity index (χ2v) is 49.1. The first kappa shape index (κ1) is 52.2. The van der Waals surface area contributed by atoms with Gasteiger partial charge in [0.05, 0.1) is 0 Å². The van der Waals surface area contributed by atoms with Gasteiger partial charge in [-0.3, -0.25) is 0 Å². The minimum Gasteiger partial charge on any atom is -0.388 e. The second kappa shape index (κ2) is 19.8. The molecule has 0 spiro atoms. The summed E-state index contributed by atoms with van der Waals surface area (Å²) in [5.74, 6) is 0. The van der Waals surface area contributed by atoms with Crippen LogP contribution in [-0.4, -0.2) is 87.6 Å². The average molecular weight is 1210 g/mol. The van der Waals surface area contributed by atoms with Crippen LogP contribution in [0.5, 0.6) is 0 Å². The molecule has 8 bridgehead atoms. The Morgan fingerprint density at radius 2 is 0.321 bits per heavy atom. The standard InChI is InChI=1S/C54H52O14Si10/c1-5-69(3)55-71(47-31-15-7-16-32-47)59-75(51-39-23-11-24-40-51)63-73(49-35-19-9-20-36-49)57-70(4,6-2)58-74(50-37-21-10-22-38-50)65-77(67-75,53-43-27-13-28-44-53)61-72(56-69,48-33-17-8-18-34-48)62-78(66-74,54-45-29-14-30-46-54)68-76(60-71,64-73)52-41-25-12-26-42-52/h5-46H,1-2H2,3-4H3. The molecule has 6 aliphatic heterocycles. The van der Waals surface area contributed by atoms with Gasteiger partial charge in [0.15, 0.2) is 0 Å². The Balaban J connectivity index is 1.33. The Kier molecular flexibility index (Phi) is 13.3. The first-order chi connectivity index (χ1) is 37.9.